The van der Waals surface area contributed by atoms with E-state index in [0.29, 0.717) is 34.2 Å². The molecule has 8 rings (SSSR count). The lowest BCUT2D eigenvalue weighted by molar-refractivity contribution is 0.102. The van der Waals surface area contributed by atoms with Gasteiger partial charge >= 0.3 is 0 Å². The van der Waals surface area contributed by atoms with Crippen LogP contribution in [0.2, 0.25) is 0 Å². The first-order valence-corrected chi connectivity index (χ1v) is 19.2. The number of aromatic nitrogens is 4. The quantitative estimate of drug-likeness (QED) is 0.146. The highest BCUT2D eigenvalue weighted by Gasteiger charge is 2.27. The van der Waals surface area contributed by atoms with Crippen LogP contribution < -0.4 is 10.6 Å². The normalized spacial score (nSPS) is 17.8. The van der Waals surface area contributed by atoms with Gasteiger partial charge in [-0.1, -0.05) is 42.8 Å². The predicted octanol–water partition coefficient (Wildman–Crippen LogP) is 10.0. The highest BCUT2D eigenvalue weighted by Crippen LogP contribution is 2.35. The second kappa shape index (κ2) is 15.9. The summed E-state index contributed by atoms with van der Waals surface area (Å²) in [5, 5.41) is 5.81. The van der Waals surface area contributed by atoms with Crippen molar-refractivity contribution >= 4 is 28.9 Å². The first-order chi connectivity index (χ1) is 26.4. The maximum absolute atomic E-state index is 14.3. The summed E-state index contributed by atoms with van der Waals surface area (Å²) in [6, 6.07) is 25.2. The minimum atomic E-state index is -0.850. The molecule has 10 heteroatoms. The monoisotopic (exact) mass is 725 g/mol. The van der Waals surface area contributed by atoms with Gasteiger partial charge in [-0.05, 0) is 137 Å². The second-order valence-corrected chi connectivity index (χ2v) is 14.7. The van der Waals surface area contributed by atoms with Crippen LogP contribution in [0.25, 0.3) is 28.3 Å². The lowest BCUT2D eigenvalue weighted by atomic mass is 9.81. The summed E-state index contributed by atoms with van der Waals surface area (Å²) < 4.78 is 30.6. The highest BCUT2D eigenvalue weighted by atomic mass is 19.1. The van der Waals surface area contributed by atoms with Gasteiger partial charge in [-0.3, -0.25) is 9.20 Å². The van der Waals surface area contributed by atoms with Crippen molar-refractivity contribution in [1.29, 1.82) is 0 Å². The molecule has 2 aliphatic rings. The van der Waals surface area contributed by atoms with Gasteiger partial charge in [-0.2, -0.15) is 0 Å². The molecule has 0 spiro atoms. The molecule has 1 amide bonds. The molecule has 1 saturated carbocycles. The number of piperidine rings is 1. The van der Waals surface area contributed by atoms with Crippen molar-refractivity contribution in [2.24, 2.45) is 5.92 Å². The number of hydrogen-bond acceptors (Lipinski definition) is 6. The van der Waals surface area contributed by atoms with E-state index in [4.69, 9.17) is 9.97 Å². The van der Waals surface area contributed by atoms with Gasteiger partial charge in [0.05, 0.1) is 17.1 Å². The smallest absolute Gasteiger partial charge is 0.255 e. The molecule has 1 saturated heterocycles. The summed E-state index contributed by atoms with van der Waals surface area (Å²) in [7, 11) is 0. The third-order valence-corrected chi connectivity index (χ3v) is 11.1. The molecule has 2 fully saturated rings. The van der Waals surface area contributed by atoms with Crippen molar-refractivity contribution in [1.82, 2.24) is 24.3 Å². The van der Waals surface area contributed by atoms with E-state index in [1.165, 1.54) is 76.1 Å². The molecule has 8 nitrogen and oxygen atoms in total. The van der Waals surface area contributed by atoms with Crippen LogP contribution in [0.3, 0.4) is 0 Å². The Labute approximate surface area is 314 Å². The van der Waals surface area contributed by atoms with E-state index in [-0.39, 0.29) is 5.56 Å². The number of nitrogens with zero attached hydrogens (tertiary/aromatic N) is 5. The average molecular weight is 726 g/mol. The maximum Gasteiger partial charge on any atom is 0.255 e. The van der Waals surface area contributed by atoms with Gasteiger partial charge in [-0.25, -0.2) is 23.7 Å². The molecular weight excluding hydrogens is 681 g/mol. The number of nitrogens with one attached hydrogen (secondary N) is 2. The van der Waals surface area contributed by atoms with Crippen LogP contribution in [-0.2, 0) is 6.42 Å². The summed E-state index contributed by atoms with van der Waals surface area (Å²) in [6.45, 7) is 4.71. The molecule has 1 aliphatic carbocycles. The standard InChI is InChI=1S/C44H45F2N7O/c1-29-27-31(15-14-30-16-19-34(20-17-30)52-24-4-2-5-25-52)18-21-37(29)48-44-47-23-22-38(49-44)42-40(50-39-13-3-6-26-53(39)42)32-9-7-10-33(28-32)43(54)51-41-35(45)11-8-12-36(41)46/h3,6-13,18,21-23,26-28,30,34H,2,4-5,14-17,19-20,24-25H2,1H3,(H,51,54)(H,47,48,49). The molecule has 2 N–H and O–H groups in total. The van der Waals surface area contributed by atoms with Crippen LogP contribution in [0.15, 0.2) is 97.3 Å². The molecule has 6 aromatic rings. The molecule has 0 bridgehead atoms. The van der Waals surface area contributed by atoms with Crippen molar-refractivity contribution in [3.8, 4) is 22.6 Å². The number of hydrogen-bond donors (Lipinski definition) is 2. The van der Waals surface area contributed by atoms with Gasteiger partial charge in [0.25, 0.3) is 5.91 Å². The molecule has 0 radical (unpaired) electrons. The topological polar surface area (TPSA) is 87.5 Å². The third-order valence-electron chi connectivity index (χ3n) is 11.1. The first-order valence-electron chi connectivity index (χ1n) is 19.2. The summed E-state index contributed by atoms with van der Waals surface area (Å²) in [5.74, 6) is -1.08. The summed E-state index contributed by atoms with van der Waals surface area (Å²) >= 11 is 0. The van der Waals surface area contributed by atoms with Crippen LogP contribution in [0.1, 0.15) is 72.9 Å². The number of imidazole rings is 1. The lowest BCUT2D eigenvalue weighted by Gasteiger charge is -2.39. The molecule has 3 aromatic heterocycles. The summed E-state index contributed by atoms with van der Waals surface area (Å²) in [6.07, 6.45) is 15.5. The number of para-hydroxylation sites is 1. The van der Waals surface area contributed by atoms with Crippen LogP contribution in [0, 0.1) is 24.5 Å². The van der Waals surface area contributed by atoms with Gasteiger partial charge in [-0.15, -0.1) is 0 Å². The van der Waals surface area contributed by atoms with Gasteiger partial charge in [0.2, 0.25) is 5.95 Å². The first kappa shape index (κ1) is 35.5. The Bertz CT molecular complexity index is 2250. The molecule has 0 atom stereocenters. The number of carbonyl (C=O) groups is 1. The molecule has 3 aromatic carbocycles. The van der Waals surface area contributed by atoms with Gasteiger partial charge in [0.1, 0.15) is 23.0 Å². The Morgan fingerprint density at radius 1 is 0.852 bits per heavy atom. The average Bonchev–Trinajstić information content (AvgIpc) is 3.60. The fourth-order valence-electron chi connectivity index (χ4n) is 8.20. The minimum Gasteiger partial charge on any atom is -0.324 e. The van der Waals surface area contributed by atoms with Gasteiger partial charge in [0, 0.05) is 35.2 Å². The Hall–Kier alpha value is -5.48. The number of fused-ring (bicyclic) bond motifs is 1. The zero-order valence-corrected chi connectivity index (χ0v) is 30.6. The van der Waals surface area contributed by atoms with Crippen LogP contribution >= 0.6 is 0 Å². The fourth-order valence-corrected chi connectivity index (χ4v) is 8.20. The van der Waals surface area contributed by atoms with Crippen molar-refractivity contribution in [3.63, 3.8) is 0 Å². The largest absolute Gasteiger partial charge is 0.324 e. The van der Waals surface area contributed by atoms with E-state index < -0.39 is 23.2 Å². The summed E-state index contributed by atoms with van der Waals surface area (Å²) in [5.41, 5.74) is 6.45. The number of amides is 1. The zero-order valence-electron chi connectivity index (χ0n) is 30.6. The van der Waals surface area contributed by atoms with E-state index >= 15 is 0 Å². The number of anilines is 3. The molecule has 276 valence electrons. The number of halogens is 2. The Balaban J connectivity index is 0.980. The third kappa shape index (κ3) is 7.75. The van der Waals surface area contributed by atoms with E-state index in [1.54, 1.807) is 24.4 Å². The maximum atomic E-state index is 14.3. The van der Waals surface area contributed by atoms with E-state index in [9.17, 15) is 13.6 Å². The molecular formula is C44H45F2N7O. The lowest BCUT2D eigenvalue weighted by Crippen LogP contribution is -2.41. The van der Waals surface area contributed by atoms with Gasteiger partial charge in [0.15, 0.2) is 0 Å². The molecule has 4 heterocycles. The van der Waals surface area contributed by atoms with E-state index in [0.717, 1.165) is 41.8 Å². The molecule has 0 unspecified atom stereocenters. The number of pyridine rings is 1. The predicted molar refractivity (Wildman–Crippen MR) is 210 cm³/mol. The summed E-state index contributed by atoms with van der Waals surface area (Å²) in [4.78, 5) is 30.3. The van der Waals surface area contributed by atoms with Crippen molar-refractivity contribution in [2.45, 2.75) is 70.8 Å². The highest BCUT2D eigenvalue weighted by molar-refractivity contribution is 6.05. The van der Waals surface area contributed by atoms with Crippen molar-refractivity contribution in [3.05, 3.63) is 126 Å². The van der Waals surface area contributed by atoms with Crippen LogP contribution in [0.5, 0.6) is 0 Å². The van der Waals surface area contributed by atoms with E-state index in [1.807, 2.05) is 40.9 Å². The number of benzene rings is 3. The van der Waals surface area contributed by atoms with Crippen molar-refractivity contribution < 1.29 is 13.6 Å². The molecule has 54 heavy (non-hydrogen) atoms. The fraction of sp³-hybridized carbons (Fsp3) is 0.318. The number of aryl methyl sites for hydroxylation is 2. The van der Waals surface area contributed by atoms with Crippen molar-refractivity contribution in [2.75, 3.05) is 23.7 Å². The van der Waals surface area contributed by atoms with Crippen LogP contribution in [-0.4, -0.2) is 49.3 Å². The number of rotatable bonds is 10. The second-order valence-electron chi connectivity index (χ2n) is 14.7. The van der Waals surface area contributed by atoms with E-state index in [2.05, 4.69) is 45.6 Å². The Kier molecular flexibility index (Phi) is 10.4. The Morgan fingerprint density at radius 3 is 2.44 bits per heavy atom. The zero-order chi connectivity index (χ0) is 37.0. The van der Waals surface area contributed by atoms with Crippen LogP contribution in [0.4, 0.5) is 26.1 Å². The molecule has 1 aliphatic heterocycles. The SMILES string of the molecule is Cc1cc(CCC2CCC(N3CCCCC3)CC2)ccc1Nc1nccc(-c2c(-c3cccc(C(=O)Nc4c(F)cccc4F)c3)nc3ccccn23)n1. The Morgan fingerprint density at radius 2 is 1.65 bits per heavy atom. The number of likely N-dealkylation sites (tertiary alicyclic amines) is 1. The minimum absolute atomic E-state index is 0.224. The number of carbonyl (C=O) groups excluding carboxylic acids is 1. The van der Waals surface area contributed by atoms with Gasteiger partial charge < -0.3 is 15.5 Å².